The van der Waals surface area contributed by atoms with E-state index < -0.39 is 0 Å². The molecule has 1 aromatic heterocycles. The van der Waals surface area contributed by atoms with Crippen molar-refractivity contribution in [1.29, 1.82) is 0 Å². The minimum atomic E-state index is -0.0781. The molecule has 20 heavy (non-hydrogen) atoms. The summed E-state index contributed by atoms with van der Waals surface area (Å²) < 4.78 is 0. The number of hydrogen-bond acceptors (Lipinski definition) is 3. The lowest BCUT2D eigenvalue weighted by molar-refractivity contribution is 0.0978. The molecule has 0 spiro atoms. The quantitative estimate of drug-likeness (QED) is 0.858. The number of carbonyl (C=O) groups excluding carboxylic acids is 1. The number of para-hydroxylation sites is 1. The highest BCUT2D eigenvalue weighted by Gasteiger charge is 2.28. The number of aromatic nitrogens is 1. The normalized spacial score (nSPS) is 17.7. The standard InChI is InChI=1S/C16H17N3O/c1-11-5-4-8-18-15(11)16(20)19-10-13(17)9-12-6-2-3-7-14(12)19/h2-8,13H,9-10,17H2,1H3. The SMILES string of the molecule is Cc1cccnc1C(=O)N1CC(N)Cc2ccccc21. The fourth-order valence-electron chi connectivity index (χ4n) is 2.66. The molecule has 1 aliphatic heterocycles. The zero-order valence-corrected chi connectivity index (χ0v) is 11.4. The highest BCUT2D eigenvalue weighted by molar-refractivity contribution is 6.06. The summed E-state index contributed by atoms with van der Waals surface area (Å²) in [4.78, 5) is 18.7. The number of anilines is 1. The predicted octanol–water partition coefficient (Wildman–Crippen LogP) is 1.92. The maximum absolute atomic E-state index is 12.7. The number of benzene rings is 1. The molecule has 1 amide bonds. The Labute approximate surface area is 118 Å². The lowest BCUT2D eigenvalue weighted by Gasteiger charge is -2.33. The largest absolute Gasteiger partial charge is 0.326 e. The topological polar surface area (TPSA) is 59.2 Å². The fourth-order valence-corrected chi connectivity index (χ4v) is 2.66. The summed E-state index contributed by atoms with van der Waals surface area (Å²) >= 11 is 0. The van der Waals surface area contributed by atoms with Crippen molar-refractivity contribution in [1.82, 2.24) is 4.98 Å². The summed E-state index contributed by atoms with van der Waals surface area (Å²) in [6.45, 7) is 2.43. The molecule has 102 valence electrons. The first-order chi connectivity index (χ1) is 9.66. The van der Waals surface area contributed by atoms with E-state index in [1.807, 2.05) is 43.3 Å². The van der Waals surface area contributed by atoms with E-state index in [4.69, 9.17) is 5.73 Å². The molecule has 0 saturated carbocycles. The molecule has 0 aliphatic carbocycles. The van der Waals surface area contributed by atoms with Gasteiger partial charge < -0.3 is 10.6 Å². The van der Waals surface area contributed by atoms with Gasteiger partial charge in [0.05, 0.1) is 0 Å². The summed E-state index contributed by atoms with van der Waals surface area (Å²) in [5.74, 6) is -0.0781. The van der Waals surface area contributed by atoms with Crippen molar-refractivity contribution in [3.63, 3.8) is 0 Å². The minimum absolute atomic E-state index is 0.0298. The second-order valence-corrected chi connectivity index (χ2v) is 5.18. The second-order valence-electron chi connectivity index (χ2n) is 5.18. The predicted molar refractivity (Wildman–Crippen MR) is 78.8 cm³/mol. The monoisotopic (exact) mass is 267 g/mol. The second kappa shape index (κ2) is 5.06. The van der Waals surface area contributed by atoms with Gasteiger partial charge >= 0.3 is 0 Å². The zero-order valence-electron chi connectivity index (χ0n) is 11.4. The van der Waals surface area contributed by atoms with Crippen molar-refractivity contribution in [3.05, 3.63) is 59.4 Å². The fraction of sp³-hybridized carbons (Fsp3) is 0.250. The Morgan fingerprint density at radius 2 is 2.10 bits per heavy atom. The molecule has 2 heterocycles. The Hall–Kier alpha value is -2.20. The number of rotatable bonds is 1. The van der Waals surface area contributed by atoms with E-state index in [-0.39, 0.29) is 11.9 Å². The highest BCUT2D eigenvalue weighted by atomic mass is 16.2. The average molecular weight is 267 g/mol. The van der Waals surface area contributed by atoms with Crippen LogP contribution in [0.3, 0.4) is 0 Å². The molecule has 0 saturated heterocycles. The number of carbonyl (C=O) groups is 1. The molecule has 2 N–H and O–H groups in total. The van der Waals surface area contributed by atoms with Gasteiger partial charge in [0.2, 0.25) is 0 Å². The van der Waals surface area contributed by atoms with Crippen LogP contribution in [0.1, 0.15) is 21.6 Å². The Balaban J connectivity index is 2.02. The summed E-state index contributed by atoms with van der Waals surface area (Å²) in [5.41, 5.74) is 9.53. The number of fused-ring (bicyclic) bond motifs is 1. The van der Waals surface area contributed by atoms with E-state index in [0.29, 0.717) is 12.2 Å². The number of hydrogen-bond donors (Lipinski definition) is 1. The van der Waals surface area contributed by atoms with E-state index in [9.17, 15) is 4.79 Å². The minimum Gasteiger partial charge on any atom is -0.326 e. The van der Waals surface area contributed by atoms with E-state index in [0.717, 1.165) is 23.2 Å². The number of nitrogens with zero attached hydrogens (tertiary/aromatic N) is 2. The molecule has 3 rings (SSSR count). The third-order valence-corrected chi connectivity index (χ3v) is 3.64. The van der Waals surface area contributed by atoms with Crippen molar-refractivity contribution in [3.8, 4) is 0 Å². The third kappa shape index (κ3) is 2.18. The number of pyridine rings is 1. The Morgan fingerprint density at radius 3 is 2.90 bits per heavy atom. The van der Waals surface area contributed by atoms with Gasteiger partial charge in [0.25, 0.3) is 5.91 Å². The Bertz CT molecular complexity index is 654. The highest BCUT2D eigenvalue weighted by Crippen LogP contribution is 2.27. The van der Waals surface area contributed by atoms with Crippen LogP contribution in [0.15, 0.2) is 42.6 Å². The van der Waals surface area contributed by atoms with Gasteiger partial charge in [-0.05, 0) is 36.6 Å². The number of amides is 1. The van der Waals surface area contributed by atoms with Crippen LogP contribution >= 0.6 is 0 Å². The Morgan fingerprint density at radius 1 is 1.30 bits per heavy atom. The maximum atomic E-state index is 12.7. The van der Waals surface area contributed by atoms with Crippen molar-refractivity contribution in [2.45, 2.75) is 19.4 Å². The molecule has 1 aromatic carbocycles. The Kier molecular flexibility index (Phi) is 3.24. The van der Waals surface area contributed by atoms with Gasteiger partial charge in [-0.3, -0.25) is 9.78 Å². The molecule has 1 atom stereocenters. The summed E-state index contributed by atoms with van der Waals surface area (Å²) in [6.07, 6.45) is 2.46. The van der Waals surface area contributed by atoms with Crippen LogP contribution in [0.5, 0.6) is 0 Å². The van der Waals surface area contributed by atoms with Gasteiger partial charge in [0.1, 0.15) is 5.69 Å². The van der Waals surface area contributed by atoms with E-state index in [2.05, 4.69) is 4.98 Å². The number of aryl methyl sites for hydroxylation is 1. The van der Waals surface area contributed by atoms with Crippen molar-refractivity contribution < 1.29 is 4.79 Å². The molecule has 1 unspecified atom stereocenters. The lowest BCUT2D eigenvalue weighted by atomic mass is 9.98. The molecule has 2 aromatic rings. The first-order valence-electron chi connectivity index (χ1n) is 6.74. The maximum Gasteiger partial charge on any atom is 0.277 e. The average Bonchev–Trinajstić information content (AvgIpc) is 2.46. The lowest BCUT2D eigenvalue weighted by Crippen LogP contribution is -2.46. The summed E-state index contributed by atoms with van der Waals surface area (Å²) in [5, 5.41) is 0. The number of nitrogens with two attached hydrogens (primary N) is 1. The van der Waals surface area contributed by atoms with Crippen LogP contribution in [0.2, 0.25) is 0 Å². The van der Waals surface area contributed by atoms with Gasteiger partial charge in [-0.2, -0.15) is 0 Å². The molecule has 0 fully saturated rings. The van der Waals surface area contributed by atoms with Gasteiger partial charge in [-0.1, -0.05) is 24.3 Å². The first-order valence-corrected chi connectivity index (χ1v) is 6.74. The van der Waals surface area contributed by atoms with Crippen molar-refractivity contribution >= 4 is 11.6 Å². The van der Waals surface area contributed by atoms with Crippen molar-refractivity contribution in [2.24, 2.45) is 5.73 Å². The van der Waals surface area contributed by atoms with Crippen LogP contribution in [0, 0.1) is 6.92 Å². The van der Waals surface area contributed by atoms with Crippen LogP contribution in [-0.4, -0.2) is 23.5 Å². The zero-order chi connectivity index (χ0) is 14.1. The van der Waals surface area contributed by atoms with Crippen LogP contribution in [-0.2, 0) is 6.42 Å². The van der Waals surface area contributed by atoms with E-state index >= 15 is 0 Å². The van der Waals surface area contributed by atoms with Gasteiger partial charge in [0, 0.05) is 24.5 Å². The first kappa shape index (κ1) is 12.8. The van der Waals surface area contributed by atoms with Gasteiger partial charge in [-0.15, -0.1) is 0 Å². The third-order valence-electron chi connectivity index (χ3n) is 3.64. The molecule has 4 heteroatoms. The molecule has 4 nitrogen and oxygen atoms in total. The van der Waals surface area contributed by atoms with Crippen LogP contribution in [0.25, 0.3) is 0 Å². The molecular formula is C16H17N3O. The van der Waals surface area contributed by atoms with E-state index in [1.165, 1.54) is 0 Å². The van der Waals surface area contributed by atoms with Gasteiger partial charge in [-0.25, -0.2) is 0 Å². The molecular weight excluding hydrogens is 250 g/mol. The summed E-state index contributed by atoms with van der Waals surface area (Å²) in [6, 6.07) is 11.6. The van der Waals surface area contributed by atoms with E-state index in [1.54, 1.807) is 11.1 Å². The van der Waals surface area contributed by atoms with Crippen LogP contribution < -0.4 is 10.6 Å². The van der Waals surface area contributed by atoms with Gasteiger partial charge in [0.15, 0.2) is 0 Å². The molecule has 0 bridgehead atoms. The summed E-state index contributed by atoms with van der Waals surface area (Å²) in [7, 11) is 0. The molecule has 0 radical (unpaired) electrons. The molecule has 1 aliphatic rings. The van der Waals surface area contributed by atoms with Crippen LogP contribution in [0.4, 0.5) is 5.69 Å². The smallest absolute Gasteiger partial charge is 0.277 e. The van der Waals surface area contributed by atoms with Crippen molar-refractivity contribution in [2.75, 3.05) is 11.4 Å².